The van der Waals surface area contributed by atoms with E-state index in [-0.39, 0.29) is 0 Å². The van der Waals surface area contributed by atoms with E-state index in [1.807, 2.05) is 0 Å². The minimum absolute atomic E-state index is 0.472. The second kappa shape index (κ2) is 3.62. The first-order valence-electron chi connectivity index (χ1n) is 9.32. The Morgan fingerprint density at radius 2 is 1.09 bits per heavy atom. The molecule has 0 aromatic carbocycles. The molecule has 0 amide bonds. The lowest BCUT2D eigenvalue weighted by Crippen LogP contribution is -2.68. The number of rotatable bonds is 4. The van der Waals surface area contributed by atoms with E-state index in [4.69, 9.17) is 4.98 Å². The third kappa shape index (κ3) is 1.32. The van der Waals surface area contributed by atoms with Gasteiger partial charge in [-0.2, -0.15) is 0 Å². The summed E-state index contributed by atoms with van der Waals surface area (Å²) in [5.74, 6) is 1.70. The highest BCUT2D eigenvalue weighted by Crippen LogP contribution is 2.77. The summed E-state index contributed by atoms with van der Waals surface area (Å²) >= 11 is 0. The average molecular weight is 295 g/mol. The van der Waals surface area contributed by atoms with Gasteiger partial charge in [-0.05, 0) is 73.3 Å². The molecule has 1 heterocycles. The van der Waals surface area contributed by atoms with E-state index in [1.165, 1.54) is 49.9 Å². The van der Waals surface area contributed by atoms with Crippen LogP contribution in [0.5, 0.6) is 0 Å². The Morgan fingerprint density at radius 1 is 0.727 bits per heavy atom. The fourth-order valence-corrected chi connectivity index (χ4v) is 6.53. The van der Waals surface area contributed by atoms with E-state index in [9.17, 15) is 0 Å². The van der Waals surface area contributed by atoms with Crippen LogP contribution in [0.4, 0.5) is 0 Å². The van der Waals surface area contributed by atoms with Crippen molar-refractivity contribution >= 4 is 0 Å². The number of hydrogen-bond donors (Lipinski definition) is 0. The minimum atomic E-state index is 0.472. The maximum Gasteiger partial charge on any atom is 0.0469 e. The van der Waals surface area contributed by atoms with Crippen LogP contribution in [-0.4, -0.2) is 4.98 Å². The molecule has 0 atom stereocenters. The summed E-state index contributed by atoms with van der Waals surface area (Å²) in [5.41, 5.74) is 5.15. The van der Waals surface area contributed by atoms with Gasteiger partial charge in [-0.3, -0.25) is 4.98 Å². The Labute approximate surface area is 134 Å². The van der Waals surface area contributed by atoms with Crippen molar-refractivity contribution in [1.29, 1.82) is 0 Å². The van der Waals surface area contributed by atoms with Crippen LogP contribution >= 0.6 is 0 Å². The first-order valence-corrected chi connectivity index (χ1v) is 9.32. The van der Waals surface area contributed by atoms with E-state index in [2.05, 4.69) is 45.9 Å². The van der Waals surface area contributed by atoms with Crippen molar-refractivity contribution in [3.8, 4) is 0 Å². The van der Waals surface area contributed by atoms with Crippen molar-refractivity contribution in [3.63, 3.8) is 0 Å². The van der Waals surface area contributed by atoms with Crippen LogP contribution in [0.15, 0.2) is 18.2 Å². The van der Waals surface area contributed by atoms with Gasteiger partial charge in [0, 0.05) is 22.2 Å². The van der Waals surface area contributed by atoms with Crippen LogP contribution in [0.1, 0.15) is 77.6 Å². The highest BCUT2D eigenvalue weighted by Gasteiger charge is 2.71. The second-order valence-corrected chi connectivity index (χ2v) is 10.1. The molecule has 0 aliphatic heterocycles. The molecule has 1 nitrogen and oxygen atoms in total. The van der Waals surface area contributed by atoms with Crippen molar-refractivity contribution in [3.05, 3.63) is 29.6 Å². The third-order valence-electron chi connectivity index (χ3n) is 8.43. The summed E-state index contributed by atoms with van der Waals surface area (Å²) in [6.07, 6.45) is 8.40. The van der Waals surface area contributed by atoms with Crippen molar-refractivity contribution in [2.75, 3.05) is 0 Å². The summed E-state index contributed by atoms with van der Waals surface area (Å²) in [4.78, 5) is 5.22. The van der Waals surface area contributed by atoms with Crippen molar-refractivity contribution in [1.82, 2.24) is 4.98 Å². The van der Waals surface area contributed by atoms with E-state index in [0.717, 1.165) is 11.8 Å². The Bertz CT molecular complexity index is 561. The molecule has 22 heavy (non-hydrogen) atoms. The molecule has 0 saturated heterocycles. The Kier molecular flexibility index (Phi) is 2.24. The zero-order valence-electron chi connectivity index (χ0n) is 14.6. The van der Waals surface area contributed by atoms with Crippen molar-refractivity contribution < 1.29 is 0 Å². The van der Waals surface area contributed by atoms with E-state index < -0.39 is 0 Å². The SMILES string of the molecule is CC(C)C12CC(c3cccc(C45CC(C(C)C)(C4)C5)n3)(C1)C2. The molecule has 1 heteroatoms. The molecular weight excluding hydrogens is 266 g/mol. The first-order chi connectivity index (χ1) is 10.3. The average Bonchev–Trinajstić information content (AvgIpc) is 2.20. The van der Waals surface area contributed by atoms with Crippen molar-refractivity contribution in [2.24, 2.45) is 22.7 Å². The van der Waals surface area contributed by atoms with Gasteiger partial charge in [0.1, 0.15) is 0 Å². The molecule has 118 valence electrons. The van der Waals surface area contributed by atoms with Crippen LogP contribution < -0.4 is 0 Å². The minimum Gasteiger partial charge on any atom is -0.257 e. The molecule has 1 aromatic rings. The topological polar surface area (TPSA) is 12.9 Å². The van der Waals surface area contributed by atoms with Crippen molar-refractivity contribution in [2.45, 2.75) is 77.0 Å². The zero-order chi connectivity index (χ0) is 15.4. The fourth-order valence-electron chi connectivity index (χ4n) is 6.53. The van der Waals surface area contributed by atoms with Crippen LogP contribution in [0.2, 0.25) is 0 Å². The molecule has 6 aliphatic rings. The Balaban J connectivity index is 1.37. The molecule has 0 N–H and O–H groups in total. The molecule has 0 unspecified atom stereocenters. The third-order valence-corrected chi connectivity index (χ3v) is 8.43. The van der Waals surface area contributed by atoms with Gasteiger partial charge in [0.2, 0.25) is 0 Å². The van der Waals surface area contributed by atoms with Gasteiger partial charge in [-0.25, -0.2) is 0 Å². The van der Waals surface area contributed by atoms with Gasteiger partial charge in [-0.15, -0.1) is 0 Å². The van der Waals surface area contributed by atoms with E-state index in [0.29, 0.717) is 21.7 Å². The molecule has 4 bridgehead atoms. The quantitative estimate of drug-likeness (QED) is 0.740. The van der Waals surface area contributed by atoms with Crippen LogP contribution in [0, 0.1) is 22.7 Å². The van der Waals surface area contributed by atoms with Gasteiger partial charge < -0.3 is 0 Å². The van der Waals surface area contributed by atoms with Gasteiger partial charge in [0.25, 0.3) is 0 Å². The smallest absolute Gasteiger partial charge is 0.0469 e. The fraction of sp³-hybridized carbons (Fsp3) is 0.762. The summed E-state index contributed by atoms with van der Waals surface area (Å²) < 4.78 is 0. The maximum absolute atomic E-state index is 5.22. The summed E-state index contributed by atoms with van der Waals surface area (Å²) in [6.45, 7) is 9.61. The van der Waals surface area contributed by atoms with E-state index >= 15 is 0 Å². The van der Waals surface area contributed by atoms with Gasteiger partial charge in [0.05, 0.1) is 0 Å². The van der Waals surface area contributed by atoms with Crippen LogP contribution in [0.3, 0.4) is 0 Å². The number of aromatic nitrogens is 1. The normalized spacial score (nSPS) is 47.5. The summed E-state index contributed by atoms with van der Waals surface area (Å²) in [7, 11) is 0. The van der Waals surface area contributed by atoms with Gasteiger partial charge >= 0.3 is 0 Å². The lowest BCUT2D eigenvalue weighted by Gasteiger charge is -2.74. The van der Waals surface area contributed by atoms with Gasteiger partial charge in [0.15, 0.2) is 0 Å². The van der Waals surface area contributed by atoms with Crippen LogP contribution in [-0.2, 0) is 10.8 Å². The largest absolute Gasteiger partial charge is 0.257 e. The number of hydrogen-bond acceptors (Lipinski definition) is 1. The maximum atomic E-state index is 5.22. The Hall–Kier alpha value is -0.850. The molecule has 6 aliphatic carbocycles. The Morgan fingerprint density at radius 3 is 1.41 bits per heavy atom. The summed E-state index contributed by atoms with van der Waals surface area (Å²) in [5, 5.41) is 0. The van der Waals surface area contributed by atoms with Gasteiger partial charge in [-0.1, -0.05) is 33.8 Å². The molecule has 6 saturated carbocycles. The predicted octanol–water partition coefficient (Wildman–Crippen LogP) is 5.24. The highest BCUT2D eigenvalue weighted by atomic mass is 14.9. The predicted molar refractivity (Wildman–Crippen MR) is 89.8 cm³/mol. The van der Waals surface area contributed by atoms with E-state index in [1.54, 1.807) is 0 Å². The number of nitrogens with zero attached hydrogens (tertiary/aromatic N) is 1. The highest BCUT2D eigenvalue weighted by molar-refractivity contribution is 5.40. The zero-order valence-corrected chi connectivity index (χ0v) is 14.6. The lowest BCUT2D eigenvalue weighted by atomic mass is 9.31. The molecular formula is C21H29N. The molecule has 0 spiro atoms. The standard InChI is InChI=1S/C21H29N/c1-14(2)18-8-20(9-18,10-18)16-6-5-7-17(22-16)21-11-19(12-21,13-21)15(3)4/h5-7,14-15H,8-13H2,1-4H3. The monoisotopic (exact) mass is 295 g/mol. The van der Waals surface area contributed by atoms with Crippen LogP contribution in [0.25, 0.3) is 0 Å². The lowest BCUT2D eigenvalue weighted by molar-refractivity contribution is -0.180. The molecule has 7 rings (SSSR count). The summed E-state index contributed by atoms with van der Waals surface area (Å²) in [6, 6.07) is 6.93. The molecule has 1 aromatic heterocycles. The first kappa shape index (κ1) is 13.6. The molecule has 6 fully saturated rings. The second-order valence-electron chi connectivity index (χ2n) is 10.1. The molecule has 0 radical (unpaired) electrons. The number of pyridine rings is 1.